The summed E-state index contributed by atoms with van der Waals surface area (Å²) in [6.45, 7) is 18.4. The Balaban J connectivity index is 1.02. The van der Waals surface area contributed by atoms with Crippen molar-refractivity contribution in [1.29, 1.82) is 0 Å². The first kappa shape index (κ1) is 43.6. The van der Waals surface area contributed by atoms with Crippen molar-refractivity contribution in [1.82, 2.24) is 0 Å². The Morgan fingerprint density at radius 1 is 0.319 bits per heavy atom. The molecule has 12 aromatic carbocycles. The topological polar surface area (TPSA) is 9.23 Å². The maximum atomic E-state index is 7.43. The molecule has 1 heteroatoms. The van der Waals surface area contributed by atoms with Gasteiger partial charge in [0.15, 0.2) is 0 Å². The summed E-state index contributed by atoms with van der Waals surface area (Å²) >= 11 is 0. The maximum absolute atomic E-state index is 7.43. The van der Waals surface area contributed by atoms with Crippen LogP contribution in [0, 0.1) is 23.7 Å². The molecule has 0 bridgehead atoms. The summed E-state index contributed by atoms with van der Waals surface area (Å²) < 4.78 is 7.43. The molecule has 0 amide bonds. The van der Waals surface area contributed by atoms with Crippen LogP contribution >= 0.6 is 0 Å². The first-order valence-corrected chi connectivity index (χ1v) is 25.3. The molecule has 0 saturated carbocycles. The average molecular weight is 923 g/mol. The summed E-state index contributed by atoms with van der Waals surface area (Å²) in [7, 11) is 0. The van der Waals surface area contributed by atoms with E-state index < -0.39 is 5.41 Å². The summed E-state index contributed by atoms with van der Waals surface area (Å²) in [5.41, 5.74) is 7.79. The predicted molar refractivity (Wildman–Crippen MR) is 307 cm³/mol. The lowest BCUT2D eigenvalue weighted by Crippen LogP contribution is -2.28. The van der Waals surface area contributed by atoms with E-state index in [0.717, 1.165) is 66.4 Å². The molecule has 1 aliphatic heterocycles. The maximum Gasteiger partial charge on any atom is 0.147 e. The van der Waals surface area contributed by atoms with E-state index in [0.29, 0.717) is 0 Å². The molecule has 12 aromatic rings. The van der Waals surface area contributed by atoms with Crippen LogP contribution in [0.4, 0.5) is 0 Å². The molecular formula is C71H54O. The van der Waals surface area contributed by atoms with Gasteiger partial charge in [-0.25, -0.2) is 0 Å². The minimum atomic E-state index is -0.444. The molecule has 0 radical (unpaired) electrons. The number of benzene rings is 12. The van der Waals surface area contributed by atoms with E-state index in [-0.39, 0.29) is 10.8 Å². The number of hydrogen-bond acceptors (Lipinski definition) is 1. The van der Waals surface area contributed by atoms with Gasteiger partial charge in [0.1, 0.15) is 11.5 Å². The fraction of sp³-hybridized carbons (Fsp3) is 0.155. The zero-order valence-electron chi connectivity index (χ0n) is 42.2. The van der Waals surface area contributed by atoms with Gasteiger partial charge in [0, 0.05) is 27.7 Å². The van der Waals surface area contributed by atoms with E-state index in [2.05, 4.69) is 261 Å². The molecular weight excluding hydrogens is 869 g/mol. The van der Waals surface area contributed by atoms with Crippen molar-refractivity contribution in [2.75, 3.05) is 0 Å². The smallest absolute Gasteiger partial charge is 0.147 e. The molecule has 0 aliphatic carbocycles. The van der Waals surface area contributed by atoms with Crippen LogP contribution in [0.2, 0.25) is 0 Å². The highest BCUT2D eigenvalue weighted by Gasteiger charge is 2.39. The molecule has 1 nitrogen and oxygen atoms in total. The van der Waals surface area contributed by atoms with Crippen molar-refractivity contribution in [3.8, 4) is 35.2 Å². The van der Waals surface area contributed by atoms with Gasteiger partial charge in [-0.3, -0.25) is 0 Å². The Labute approximate surface area is 422 Å². The van der Waals surface area contributed by atoms with Crippen molar-refractivity contribution in [2.45, 2.75) is 71.6 Å². The lowest BCUT2D eigenvalue weighted by atomic mass is 9.70. The first-order chi connectivity index (χ1) is 34.6. The minimum Gasteiger partial charge on any atom is -0.454 e. The van der Waals surface area contributed by atoms with Crippen molar-refractivity contribution in [3.63, 3.8) is 0 Å². The summed E-state index contributed by atoms with van der Waals surface area (Å²) in [6, 6.07) is 67.0. The lowest BCUT2D eigenvalue weighted by Gasteiger charge is -2.38. The standard InChI is InChI=1S/C71H54O/c1-69(2,3)57-37-49(25-27-61-59-23-15-13-21-47(59)33-55-35-51-29-43-17-9-11-19-45(43)31-53(51)39-63(55)61)67-65(41-57)71(7,8)66-42-58(70(4,5)6)38-50(68(66)72-67)26-28-62-60-24-16-14-22-48(60)34-56-36-52-30-44-18-10-12-20-46(44)32-54(52)40-64(56)62/h9-24,29-42H,1-8H3. The van der Waals surface area contributed by atoms with E-state index in [9.17, 15) is 0 Å². The van der Waals surface area contributed by atoms with E-state index in [1.807, 2.05) is 0 Å². The van der Waals surface area contributed by atoms with E-state index >= 15 is 0 Å². The SMILES string of the molecule is CC(C)(C)c1cc(C#Cc2c3ccccc3cc3cc4cc5ccccc5cc4cc23)c2c(c1)C(C)(C)c1cc(C(C)(C)C)cc(C#Cc3c4ccccc4cc4cc5cc6ccccc6cc5cc34)c1O2. The Bertz CT molecular complexity index is 4180. The Hall–Kier alpha value is -8.36. The van der Waals surface area contributed by atoms with Crippen LogP contribution in [0.25, 0.3) is 86.2 Å². The minimum absolute atomic E-state index is 0.140. The molecule has 0 saturated heterocycles. The summed E-state index contributed by atoms with van der Waals surface area (Å²) in [5, 5.41) is 19.1. The van der Waals surface area contributed by atoms with Crippen molar-refractivity contribution >= 4 is 86.2 Å². The van der Waals surface area contributed by atoms with Gasteiger partial charge in [0.2, 0.25) is 0 Å². The quantitative estimate of drug-likeness (QED) is 0.109. The van der Waals surface area contributed by atoms with Gasteiger partial charge in [-0.2, -0.15) is 0 Å². The molecule has 72 heavy (non-hydrogen) atoms. The van der Waals surface area contributed by atoms with Crippen LogP contribution < -0.4 is 4.74 Å². The van der Waals surface area contributed by atoms with Gasteiger partial charge in [-0.15, -0.1) is 0 Å². The van der Waals surface area contributed by atoms with Gasteiger partial charge >= 0.3 is 0 Å². The molecule has 344 valence electrons. The molecule has 0 atom stereocenters. The van der Waals surface area contributed by atoms with Crippen LogP contribution in [0.5, 0.6) is 11.5 Å². The van der Waals surface area contributed by atoms with Crippen molar-refractivity contribution in [3.05, 3.63) is 226 Å². The zero-order valence-corrected chi connectivity index (χ0v) is 42.2. The van der Waals surface area contributed by atoms with Gasteiger partial charge in [0.25, 0.3) is 0 Å². The van der Waals surface area contributed by atoms with Crippen LogP contribution in [0.1, 0.15) is 99.9 Å². The second-order valence-electron chi connectivity index (χ2n) is 22.7. The van der Waals surface area contributed by atoms with Gasteiger partial charge in [-0.1, -0.05) is 188 Å². The van der Waals surface area contributed by atoms with Crippen LogP contribution in [-0.4, -0.2) is 0 Å². The largest absolute Gasteiger partial charge is 0.454 e. The van der Waals surface area contributed by atoms with Gasteiger partial charge in [0.05, 0.1) is 11.1 Å². The van der Waals surface area contributed by atoms with E-state index in [1.54, 1.807) is 0 Å². The highest BCUT2D eigenvalue weighted by Crippen LogP contribution is 2.53. The summed E-state index contributed by atoms with van der Waals surface area (Å²) in [4.78, 5) is 0. The fourth-order valence-corrected chi connectivity index (χ4v) is 11.3. The fourth-order valence-electron chi connectivity index (χ4n) is 11.3. The summed E-state index contributed by atoms with van der Waals surface area (Å²) in [6.07, 6.45) is 0. The number of hydrogen-bond donors (Lipinski definition) is 0. The Morgan fingerprint density at radius 3 is 1.01 bits per heavy atom. The van der Waals surface area contributed by atoms with E-state index in [1.165, 1.54) is 75.8 Å². The Morgan fingerprint density at radius 2 is 0.639 bits per heavy atom. The van der Waals surface area contributed by atoms with Crippen LogP contribution in [-0.2, 0) is 16.2 Å². The lowest BCUT2D eigenvalue weighted by molar-refractivity contribution is 0.412. The number of ether oxygens (including phenoxy) is 1. The number of rotatable bonds is 0. The molecule has 13 rings (SSSR count). The molecule has 0 N–H and O–H groups in total. The summed E-state index contributed by atoms with van der Waals surface area (Å²) in [5.74, 6) is 16.8. The van der Waals surface area contributed by atoms with Crippen LogP contribution in [0.15, 0.2) is 182 Å². The third-order valence-electron chi connectivity index (χ3n) is 15.5. The third kappa shape index (κ3) is 7.18. The second-order valence-corrected chi connectivity index (χ2v) is 22.7. The highest BCUT2D eigenvalue weighted by atomic mass is 16.5. The predicted octanol–water partition coefficient (Wildman–Crippen LogP) is 18.7. The first-order valence-electron chi connectivity index (χ1n) is 25.3. The van der Waals surface area contributed by atoms with Crippen molar-refractivity contribution < 1.29 is 4.74 Å². The van der Waals surface area contributed by atoms with Crippen molar-refractivity contribution in [2.24, 2.45) is 0 Å². The third-order valence-corrected chi connectivity index (χ3v) is 15.5. The van der Waals surface area contributed by atoms with E-state index in [4.69, 9.17) is 4.74 Å². The molecule has 0 aromatic heterocycles. The molecule has 1 aliphatic rings. The molecule has 1 heterocycles. The van der Waals surface area contributed by atoms with Gasteiger partial charge in [-0.05, 0) is 181 Å². The van der Waals surface area contributed by atoms with Gasteiger partial charge < -0.3 is 4.74 Å². The Kier molecular flexibility index (Phi) is 9.59. The zero-order chi connectivity index (χ0) is 49.3. The normalized spacial score (nSPS) is 13.3. The average Bonchev–Trinajstić information content (AvgIpc) is 3.36. The number of fused-ring (bicyclic) bond motifs is 10. The second kappa shape index (κ2) is 15.8. The molecule has 0 fully saturated rings. The highest BCUT2D eigenvalue weighted by molar-refractivity contribution is 6.13. The monoisotopic (exact) mass is 922 g/mol. The van der Waals surface area contributed by atoms with Crippen LogP contribution in [0.3, 0.4) is 0 Å². The molecule has 0 unspecified atom stereocenters. The molecule has 0 spiro atoms.